The summed E-state index contributed by atoms with van der Waals surface area (Å²) in [6.07, 6.45) is 7.64. The number of rotatable bonds is 3. The molecular formula is C9H10N2O2. The molecule has 4 nitrogen and oxygen atoms in total. The lowest BCUT2D eigenvalue weighted by atomic mass is 10.3. The van der Waals surface area contributed by atoms with E-state index in [2.05, 4.69) is 16.6 Å². The van der Waals surface area contributed by atoms with Crippen molar-refractivity contribution in [2.45, 2.75) is 19.3 Å². The number of carbonyl (C=O) groups is 2. The molecule has 1 rings (SSSR count). The lowest BCUT2D eigenvalue weighted by Gasteiger charge is -2.04. The van der Waals surface area contributed by atoms with Gasteiger partial charge < -0.3 is 10.6 Å². The maximum atomic E-state index is 11.1. The quantitative estimate of drug-likeness (QED) is 0.592. The maximum absolute atomic E-state index is 11.1. The Bertz CT molecular complexity index is 299. The number of hydrogen-bond acceptors (Lipinski definition) is 2. The van der Waals surface area contributed by atoms with E-state index in [1.165, 1.54) is 0 Å². The third kappa shape index (κ3) is 2.99. The van der Waals surface area contributed by atoms with Crippen molar-refractivity contribution >= 4 is 11.8 Å². The Balaban J connectivity index is 2.29. The third-order valence-electron chi connectivity index (χ3n) is 1.54. The molecule has 0 unspecified atom stereocenters. The fraction of sp³-hybridized carbons (Fsp3) is 0.333. The minimum absolute atomic E-state index is 0.104. The first-order valence-electron chi connectivity index (χ1n) is 3.95. The Hall–Kier alpha value is -1.76. The molecule has 2 N–H and O–H groups in total. The number of carbonyl (C=O) groups excluding carboxylic acids is 2. The van der Waals surface area contributed by atoms with E-state index in [9.17, 15) is 9.59 Å². The van der Waals surface area contributed by atoms with Crippen molar-refractivity contribution in [1.82, 2.24) is 10.6 Å². The van der Waals surface area contributed by atoms with Crippen LogP contribution in [0.25, 0.3) is 0 Å². The summed E-state index contributed by atoms with van der Waals surface area (Å²) >= 11 is 0. The van der Waals surface area contributed by atoms with Gasteiger partial charge in [0.2, 0.25) is 11.8 Å². The summed E-state index contributed by atoms with van der Waals surface area (Å²) in [6, 6.07) is 0. The Kier molecular flexibility index (Phi) is 3.09. The zero-order valence-electron chi connectivity index (χ0n) is 7.09. The van der Waals surface area contributed by atoms with Crippen molar-refractivity contribution < 1.29 is 9.59 Å². The molecule has 0 saturated carbocycles. The first-order chi connectivity index (χ1) is 6.22. The van der Waals surface area contributed by atoms with Gasteiger partial charge in [0, 0.05) is 19.3 Å². The predicted molar refractivity (Wildman–Crippen MR) is 47.1 cm³/mol. The van der Waals surface area contributed by atoms with Crippen LogP contribution in [-0.4, -0.2) is 11.8 Å². The number of hydrogen-bond donors (Lipinski definition) is 2. The molecule has 0 aliphatic carbocycles. The van der Waals surface area contributed by atoms with Crippen LogP contribution in [0.3, 0.4) is 0 Å². The Labute approximate surface area is 76.4 Å². The van der Waals surface area contributed by atoms with E-state index in [1.807, 2.05) is 0 Å². The van der Waals surface area contributed by atoms with Gasteiger partial charge in [0.05, 0.1) is 0 Å². The van der Waals surface area contributed by atoms with Crippen LogP contribution >= 0.6 is 0 Å². The Morgan fingerprint density at radius 2 is 2.54 bits per heavy atom. The summed E-state index contributed by atoms with van der Waals surface area (Å²) in [6.45, 7) is 0. The van der Waals surface area contributed by atoms with Gasteiger partial charge in [-0.25, -0.2) is 0 Å². The van der Waals surface area contributed by atoms with Crippen LogP contribution < -0.4 is 10.6 Å². The van der Waals surface area contributed by atoms with E-state index in [0.717, 1.165) is 0 Å². The molecule has 4 heteroatoms. The zero-order valence-corrected chi connectivity index (χ0v) is 7.09. The van der Waals surface area contributed by atoms with E-state index in [0.29, 0.717) is 18.7 Å². The first-order valence-corrected chi connectivity index (χ1v) is 3.95. The van der Waals surface area contributed by atoms with Crippen LogP contribution in [0.1, 0.15) is 19.3 Å². The highest BCUT2D eigenvalue weighted by atomic mass is 16.2. The molecule has 1 heterocycles. The summed E-state index contributed by atoms with van der Waals surface area (Å²) in [5.74, 6) is 2.55. The largest absolute Gasteiger partial charge is 0.312 e. The summed E-state index contributed by atoms with van der Waals surface area (Å²) in [7, 11) is 0. The number of amides is 2. The second kappa shape index (κ2) is 4.31. The van der Waals surface area contributed by atoms with Crippen molar-refractivity contribution in [3.05, 3.63) is 11.9 Å². The molecular weight excluding hydrogens is 168 g/mol. The molecule has 0 aromatic heterocycles. The van der Waals surface area contributed by atoms with Crippen LogP contribution in [0, 0.1) is 12.3 Å². The molecule has 0 aromatic rings. The lowest BCUT2D eigenvalue weighted by molar-refractivity contribution is -0.120. The SMILES string of the molecule is C#CCCC(=O)NC1=CCC(=O)N1. The fourth-order valence-electron chi connectivity index (χ4n) is 0.928. The third-order valence-corrected chi connectivity index (χ3v) is 1.54. The van der Waals surface area contributed by atoms with Gasteiger partial charge in [-0.05, 0) is 6.08 Å². The van der Waals surface area contributed by atoms with Crippen molar-refractivity contribution in [2.75, 3.05) is 0 Å². The first kappa shape index (κ1) is 9.33. The maximum Gasteiger partial charge on any atom is 0.229 e. The number of nitrogens with one attached hydrogen (secondary N) is 2. The second-order valence-electron chi connectivity index (χ2n) is 2.62. The Morgan fingerprint density at radius 3 is 3.08 bits per heavy atom. The van der Waals surface area contributed by atoms with Gasteiger partial charge in [0.25, 0.3) is 0 Å². The molecule has 1 aliphatic rings. The molecule has 0 fully saturated rings. The predicted octanol–water partition coefficient (Wildman–Crippen LogP) is -0.123. The van der Waals surface area contributed by atoms with E-state index < -0.39 is 0 Å². The second-order valence-corrected chi connectivity index (χ2v) is 2.62. The highest BCUT2D eigenvalue weighted by Gasteiger charge is 2.12. The van der Waals surface area contributed by atoms with Crippen LogP contribution in [0.4, 0.5) is 0 Å². The van der Waals surface area contributed by atoms with Gasteiger partial charge in [-0.1, -0.05) is 0 Å². The van der Waals surface area contributed by atoms with Crippen molar-refractivity contribution in [3.8, 4) is 12.3 Å². The van der Waals surface area contributed by atoms with E-state index in [4.69, 9.17) is 6.42 Å². The topological polar surface area (TPSA) is 58.2 Å². The molecule has 0 aromatic carbocycles. The van der Waals surface area contributed by atoms with Crippen molar-refractivity contribution in [2.24, 2.45) is 0 Å². The lowest BCUT2D eigenvalue weighted by Crippen LogP contribution is -2.30. The van der Waals surface area contributed by atoms with Gasteiger partial charge in [0.15, 0.2) is 0 Å². The molecule has 68 valence electrons. The monoisotopic (exact) mass is 178 g/mol. The molecule has 1 aliphatic heterocycles. The summed E-state index contributed by atoms with van der Waals surface area (Å²) in [5, 5.41) is 5.04. The van der Waals surface area contributed by atoms with Crippen molar-refractivity contribution in [1.29, 1.82) is 0 Å². The minimum Gasteiger partial charge on any atom is -0.312 e. The highest BCUT2D eigenvalue weighted by Crippen LogP contribution is 1.99. The summed E-state index contributed by atoms with van der Waals surface area (Å²) in [4.78, 5) is 21.8. The van der Waals surface area contributed by atoms with Crippen LogP contribution in [0.15, 0.2) is 11.9 Å². The average Bonchev–Trinajstić information content (AvgIpc) is 2.48. The van der Waals surface area contributed by atoms with Gasteiger partial charge in [-0.15, -0.1) is 12.3 Å². The minimum atomic E-state index is -0.175. The van der Waals surface area contributed by atoms with E-state index in [1.54, 1.807) is 6.08 Å². The summed E-state index contributed by atoms with van der Waals surface area (Å²) in [5.41, 5.74) is 0. The van der Waals surface area contributed by atoms with Crippen LogP contribution in [0.2, 0.25) is 0 Å². The fourth-order valence-corrected chi connectivity index (χ4v) is 0.928. The molecule has 0 saturated heterocycles. The van der Waals surface area contributed by atoms with Crippen LogP contribution in [-0.2, 0) is 9.59 Å². The molecule has 2 amide bonds. The van der Waals surface area contributed by atoms with E-state index in [-0.39, 0.29) is 18.2 Å². The van der Waals surface area contributed by atoms with Gasteiger partial charge in [-0.2, -0.15) is 0 Å². The molecule has 0 atom stereocenters. The standard InChI is InChI=1S/C9H10N2O2/c1-2-3-4-8(12)10-7-5-6-9(13)11-7/h1,5H,3-4,6H2,(H,10,12)(H,11,13). The average molecular weight is 178 g/mol. The molecule has 0 spiro atoms. The van der Waals surface area contributed by atoms with Crippen molar-refractivity contribution in [3.63, 3.8) is 0 Å². The normalized spacial score (nSPS) is 14.4. The van der Waals surface area contributed by atoms with Gasteiger partial charge in [0.1, 0.15) is 5.82 Å². The molecule has 0 radical (unpaired) electrons. The molecule has 0 bridgehead atoms. The van der Waals surface area contributed by atoms with Gasteiger partial charge in [-0.3, -0.25) is 9.59 Å². The van der Waals surface area contributed by atoms with Crippen LogP contribution in [0.5, 0.6) is 0 Å². The molecule has 13 heavy (non-hydrogen) atoms. The van der Waals surface area contributed by atoms with Gasteiger partial charge >= 0.3 is 0 Å². The number of terminal acetylenes is 1. The Morgan fingerprint density at radius 1 is 1.77 bits per heavy atom. The highest BCUT2D eigenvalue weighted by molar-refractivity contribution is 5.85. The smallest absolute Gasteiger partial charge is 0.229 e. The zero-order chi connectivity index (χ0) is 9.68. The van der Waals surface area contributed by atoms with E-state index >= 15 is 0 Å². The summed E-state index contributed by atoms with van der Waals surface area (Å²) < 4.78 is 0.